The molecule has 0 unspecified atom stereocenters. The Hall–Kier alpha value is -2.15. The van der Waals surface area contributed by atoms with E-state index in [1.807, 2.05) is 60.7 Å². The fourth-order valence-corrected chi connectivity index (χ4v) is 3.58. The summed E-state index contributed by atoms with van der Waals surface area (Å²) in [6.07, 6.45) is -1.47. The molecule has 0 fully saturated rings. The zero-order valence-electron chi connectivity index (χ0n) is 18.0. The summed E-state index contributed by atoms with van der Waals surface area (Å²) in [6, 6.07) is 18.3. The lowest BCUT2D eigenvalue weighted by Crippen LogP contribution is -2.45. The lowest BCUT2D eigenvalue weighted by Gasteiger charge is -2.37. The van der Waals surface area contributed by atoms with Crippen LogP contribution in [0, 0.1) is 0 Å². The molecule has 0 heterocycles. The standard InChI is InChI=1S/C23H33NO4Si/c1-23(2,3)29(4,5)28-17-20(25)21(19-14-10-7-11-15-19)24-22(26)27-16-18-12-8-6-9-13-18/h6-15,20-21,25H,16-17H2,1-5H3,(H,24,26)/t20-,21+/m1/s1. The topological polar surface area (TPSA) is 67.8 Å². The van der Waals surface area contributed by atoms with Gasteiger partial charge in [-0.25, -0.2) is 4.79 Å². The highest BCUT2D eigenvalue weighted by Gasteiger charge is 2.38. The van der Waals surface area contributed by atoms with Crippen molar-refractivity contribution >= 4 is 14.4 Å². The molecule has 0 spiro atoms. The van der Waals surface area contributed by atoms with Gasteiger partial charge in [-0.15, -0.1) is 0 Å². The van der Waals surface area contributed by atoms with Crippen LogP contribution in [0.1, 0.15) is 37.9 Å². The van der Waals surface area contributed by atoms with Gasteiger partial charge in [-0.05, 0) is 29.3 Å². The van der Waals surface area contributed by atoms with E-state index in [0.717, 1.165) is 11.1 Å². The SMILES string of the molecule is CC(C)(C)[Si](C)(C)OC[C@@H](O)[C@@H](NC(=O)OCc1ccccc1)c1ccccc1. The van der Waals surface area contributed by atoms with Gasteiger partial charge in [-0.3, -0.25) is 0 Å². The number of aliphatic hydroxyl groups is 1. The summed E-state index contributed by atoms with van der Waals surface area (Å²) < 4.78 is 11.5. The fraction of sp³-hybridized carbons (Fsp3) is 0.435. The quantitative estimate of drug-likeness (QED) is 0.593. The van der Waals surface area contributed by atoms with Gasteiger partial charge in [0.2, 0.25) is 0 Å². The van der Waals surface area contributed by atoms with Gasteiger partial charge in [-0.1, -0.05) is 81.4 Å². The molecule has 0 aromatic heterocycles. The van der Waals surface area contributed by atoms with Crippen molar-refractivity contribution in [2.75, 3.05) is 6.61 Å². The van der Waals surface area contributed by atoms with Crippen LogP contribution >= 0.6 is 0 Å². The molecule has 1 amide bonds. The summed E-state index contributed by atoms with van der Waals surface area (Å²) in [5, 5.41) is 13.7. The molecule has 158 valence electrons. The van der Waals surface area contributed by atoms with E-state index < -0.39 is 26.6 Å². The summed E-state index contributed by atoms with van der Waals surface area (Å²) >= 11 is 0. The van der Waals surface area contributed by atoms with Crippen LogP contribution in [0.25, 0.3) is 0 Å². The molecule has 6 heteroatoms. The predicted octanol–water partition coefficient (Wildman–Crippen LogP) is 5.04. The van der Waals surface area contributed by atoms with Crippen LogP contribution in [0.3, 0.4) is 0 Å². The number of hydrogen-bond acceptors (Lipinski definition) is 4. The lowest BCUT2D eigenvalue weighted by atomic mass is 10.0. The summed E-state index contributed by atoms with van der Waals surface area (Å²) in [5.74, 6) is 0. The number of carbonyl (C=O) groups is 1. The molecule has 0 bridgehead atoms. The van der Waals surface area contributed by atoms with E-state index in [0.29, 0.717) is 0 Å². The molecule has 5 nitrogen and oxygen atoms in total. The Morgan fingerprint density at radius 1 is 1.03 bits per heavy atom. The van der Waals surface area contributed by atoms with Crippen LogP contribution in [0.2, 0.25) is 18.1 Å². The Morgan fingerprint density at radius 3 is 2.14 bits per heavy atom. The number of amides is 1. The largest absolute Gasteiger partial charge is 0.445 e. The average molecular weight is 416 g/mol. The Morgan fingerprint density at radius 2 is 1.59 bits per heavy atom. The van der Waals surface area contributed by atoms with Crippen molar-refractivity contribution in [3.63, 3.8) is 0 Å². The number of aliphatic hydroxyl groups excluding tert-OH is 1. The van der Waals surface area contributed by atoms with Crippen LogP contribution in [0.5, 0.6) is 0 Å². The van der Waals surface area contributed by atoms with Crippen LogP contribution in [0.15, 0.2) is 60.7 Å². The van der Waals surface area contributed by atoms with Crippen molar-refractivity contribution in [1.29, 1.82) is 0 Å². The van der Waals surface area contributed by atoms with Gasteiger partial charge in [0.05, 0.1) is 12.6 Å². The minimum Gasteiger partial charge on any atom is -0.445 e. The maximum absolute atomic E-state index is 12.4. The molecule has 2 N–H and O–H groups in total. The third-order valence-electron chi connectivity index (χ3n) is 5.45. The number of nitrogens with one attached hydrogen (secondary N) is 1. The first kappa shape index (κ1) is 23.1. The first-order valence-corrected chi connectivity index (χ1v) is 12.9. The highest BCUT2D eigenvalue weighted by molar-refractivity contribution is 6.74. The number of carbonyl (C=O) groups excluding carboxylic acids is 1. The summed E-state index contributed by atoms with van der Waals surface area (Å²) in [4.78, 5) is 12.4. The second-order valence-electron chi connectivity index (χ2n) is 8.73. The monoisotopic (exact) mass is 415 g/mol. The van der Waals surface area contributed by atoms with Crippen LogP contribution in [-0.2, 0) is 15.8 Å². The maximum atomic E-state index is 12.4. The van der Waals surface area contributed by atoms with Gasteiger partial charge in [0.15, 0.2) is 8.32 Å². The smallest absolute Gasteiger partial charge is 0.408 e. The maximum Gasteiger partial charge on any atom is 0.408 e. The van der Waals surface area contributed by atoms with Crippen molar-refractivity contribution in [3.05, 3.63) is 71.8 Å². The molecule has 29 heavy (non-hydrogen) atoms. The summed E-state index contributed by atoms with van der Waals surface area (Å²) in [7, 11) is -2.02. The second kappa shape index (κ2) is 10.0. The van der Waals surface area contributed by atoms with Crippen molar-refractivity contribution in [2.24, 2.45) is 0 Å². The van der Waals surface area contributed by atoms with E-state index in [2.05, 4.69) is 39.2 Å². The first-order chi connectivity index (χ1) is 13.6. The number of hydrogen-bond donors (Lipinski definition) is 2. The average Bonchev–Trinajstić information content (AvgIpc) is 2.69. The van der Waals surface area contributed by atoms with Gasteiger partial charge in [0.1, 0.15) is 12.7 Å². The minimum atomic E-state index is -2.02. The van der Waals surface area contributed by atoms with E-state index in [4.69, 9.17) is 9.16 Å². The molecule has 0 aliphatic carbocycles. The molecular formula is C23H33NO4Si. The second-order valence-corrected chi connectivity index (χ2v) is 13.5. The Kier molecular flexibility index (Phi) is 8.02. The molecule has 0 saturated heterocycles. The minimum absolute atomic E-state index is 0.0387. The molecule has 2 aromatic rings. The summed E-state index contributed by atoms with van der Waals surface area (Å²) in [5.41, 5.74) is 1.70. The summed E-state index contributed by atoms with van der Waals surface area (Å²) in [6.45, 7) is 11.1. The third-order valence-corrected chi connectivity index (χ3v) is 9.95. The van der Waals surface area contributed by atoms with Gasteiger partial charge in [0, 0.05) is 0 Å². The molecule has 0 saturated carbocycles. The van der Waals surface area contributed by atoms with Crippen molar-refractivity contribution in [1.82, 2.24) is 5.32 Å². The zero-order chi connectivity index (χ0) is 21.5. The number of ether oxygens (including phenoxy) is 1. The van der Waals surface area contributed by atoms with Gasteiger partial charge in [-0.2, -0.15) is 0 Å². The van der Waals surface area contributed by atoms with E-state index >= 15 is 0 Å². The van der Waals surface area contributed by atoms with Gasteiger partial charge >= 0.3 is 6.09 Å². The number of rotatable bonds is 8. The molecular weight excluding hydrogens is 382 g/mol. The van der Waals surface area contributed by atoms with Gasteiger partial charge in [0.25, 0.3) is 0 Å². The van der Waals surface area contributed by atoms with E-state index in [-0.39, 0.29) is 18.3 Å². The van der Waals surface area contributed by atoms with Crippen molar-refractivity contribution in [3.8, 4) is 0 Å². The van der Waals surface area contributed by atoms with Crippen LogP contribution < -0.4 is 5.32 Å². The number of alkyl carbamates (subject to hydrolysis) is 1. The van der Waals surface area contributed by atoms with Crippen molar-refractivity contribution < 1.29 is 19.1 Å². The molecule has 2 atom stereocenters. The number of benzene rings is 2. The van der Waals surface area contributed by atoms with E-state index in [9.17, 15) is 9.90 Å². The highest BCUT2D eigenvalue weighted by Crippen LogP contribution is 2.36. The third kappa shape index (κ3) is 6.99. The van der Waals surface area contributed by atoms with E-state index in [1.165, 1.54) is 0 Å². The van der Waals surface area contributed by atoms with Crippen molar-refractivity contribution in [2.45, 2.75) is 57.7 Å². The first-order valence-electron chi connectivity index (χ1n) is 9.94. The normalized spacial score (nSPS) is 14.1. The Bertz CT molecular complexity index is 759. The Labute approximate surface area is 175 Å². The van der Waals surface area contributed by atoms with Crippen LogP contribution in [-0.4, -0.2) is 32.2 Å². The van der Waals surface area contributed by atoms with Gasteiger partial charge < -0.3 is 19.6 Å². The molecule has 0 aliphatic rings. The highest BCUT2D eigenvalue weighted by atomic mass is 28.4. The Balaban J connectivity index is 2.04. The van der Waals surface area contributed by atoms with E-state index in [1.54, 1.807) is 0 Å². The predicted molar refractivity (Wildman–Crippen MR) is 118 cm³/mol. The molecule has 2 aromatic carbocycles. The molecule has 0 radical (unpaired) electrons. The van der Waals surface area contributed by atoms with Crippen LogP contribution in [0.4, 0.5) is 4.79 Å². The molecule has 2 rings (SSSR count). The fourth-order valence-electron chi connectivity index (χ4n) is 2.56. The molecule has 0 aliphatic heterocycles. The zero-order valence-corrected chi connectivity index (χ0v) is 19.0. The lowest BCUT2D eigenvalue weighted by molar-refractivity contribution is 0.0609.